The molecule has 1 atom stereocenters. The van der Waals surface area contributed by atoms with Crippen molar-refractivity contribution in [1.29, 1.82) is 0 Å². The van der Waals surface area contributed by atoms with E-state index in [2.05, 4.69) is 4.98 Å². The number of hydrogen-bond acceptors (Lipinski definition) is 3. The lowest BCUT2D eigenvalue weighted by atomic mass is 10.2. The van der Waals surface area contributed by atoms with E-state index < -0.39 is 12.7 Å². The van der Waals surface area contributed by atoms with Crippen molar-refractivity contribution in [3.63, 3.8) is 0 Å². The Labute approximate surface area is 98.4 Å². The number of aromatic nitrogens is 1. The van der Waals surface area contributed by atoms with Gasteiger partial charge in [-0.25, -0.2) is 0 Å². The van der Waals surface area contributed by atoms with Crippen molar-refractivity contribution in [2.24, 2.45) is 5.73 Å². The van der Waals surface area contributed by atoms with E-state index in [0.29, 0.717) is 11.4 Å². The van der Waals surface area contributed by atoms with E-state index in [-0.39, 0.29) is 12.6 Å². The Morgan fingerprint density at radius 1 is 1.41 bits per heavy atom. The summed E-state index contributed by atoms with van der Waals surface area (Å²) in [6.45, 7) is 2.75. The lowest BCUT2D eigenvalue weighted by molar-refractivity contribution is -0.119. The SMILES string of the molecule is CCN(CC(F)(F)F)c1ccc([C@H](C)N)nc1. The van der Waals surface area contributed by atoms with Gasteiger partial charge in [0.15, 0.2) is 0 Å². The third-order valence-corrected chi connectivity index (χ3v) is 2.35. The molecule has 0 unspecified atom stereocenters. The molecule has 96 valence electrons. The van der Waals surface area contributed by atoms with E-state index in [1.807, 2.05) is 0 Å². The number of pyridine rings is 1. The van der Waals surface area contributed by atoms with Gasteiger partial charge in [0.2, 0.25) is 0 Å². The van der Waals surface area contributed by atoms with Gasteiger partial charge in [-0.1, -0.05) is 0 Å². The van der Waals surface area contributed by atoms with Gasteiger partial charge >= 0.3 is 6.18 Å². The highest BCUT2D eigenvalue weighted by molar-refractivity contribution is 5.44. The molecule has 1 aromatic heterocycles. The summed E-state index contributed by atoms with van der Waals surface area (Å²) < 4.78 is 36.9. The fraction of sp³-hybridized carbons (Fsp3) is 0.545. The average Bonchev–Trinajstić information content (AvgIpc) is 2.25. The molecule has 0 aliphatic carbocycles. The average molecular weight is 247 g/mol. The largest absolute Gasteiger partial charge is 0.405 e. The second-order valence-electron chi connectivity index (χ2n) is 3.86. The monoisotopic (exact) mass is 247 g/mol. The predicted octanol–water partition coefficient (Wildman–Crippen LogP) is 2.49. The Bertz CT molecular complexity index is 346. The fourth-order valence-electron chi connectivity index (χ4n) is 1.46. The smallest absolute Gasteiger partial charge is 0.362 e. The summed E-state index contributed by atoms with van der Waals surface area (Å²) in [5.74, 6) is 0. The number of hydrogen-bond donors (Lipinski definition) is 1. The number of alkyl halides is 3. The zero-order valence-corrected chi connectivity index (χ0v) is 9.83. The van der Waals surface area contributed by atoms with Crippen LogP contribution in [0.15, 0.2) is 18.3 Å². The van der Waals surface area contributed by atoms with Gasteiger partial charge in [-0.2, -0.15) is 13.2 Å². The first-order valence-corrected chi connectivity index (χ1v) is 5.36. The zero-order valence-electron chi connectivity index (χ0n) is 9.83. The standard InChI is InChI=1S/C11H16F3N3/c1-3-17(7-11(12,13)14)9-4-5-10(8(2)15)16-6-9/h4-6,8H,3,7,15H2,1-2H3/t8-/m0/s1. The molecule has 0 aliphatic heterocycles. The molecule has 0 fully saturated rings. The summed E-state index contributed by atoms with van der Waals surface area (Å²) in [7, 11) is 0. The van der Waals surface area contributed by atoms with Crippen LogP contribution in [-0.4, -0.2) is 24.2 Å². The lowest BCUT2D eigenvalue weighted by Crippen LogP contribution is -2.34. The normalized spacial score (nSPS) is 13.5. The number of halogens is 3. The molecule has 17 heavy (non-hydrogen) atoms. The van der Waals surface area contributed by atoms with Crippen LogP contribution in [0, 0.1) is 0 Å². The molecule has 6 heteroatoms. The molecule has 2 N–H and O–H groups in total. The lowest BCUT2D eigenvalue weighted by Gasteiger charge is -2.24. The number of nitrogens with zero attached hydrogens (tertiary/aromatic N) is 2. The van der Waals surface area contributed by atoms with Crippen LogP contribution in [-0.2, 0) is 0 Å². The third kappa shape index (κ3) is 4.22. The van der Waals surface area contributed by atoms with Gasteiger partial charge in [0.1, 0.15) is 6.54 Å². The van der Waals surface area contributed by atoms with Crippen molar-refractivity contribution in [2.75, 3.05) is 18.0 Å². The molecule has 1 aromatic rings. The quantitative estimate of drug-likeness (QED) is 0.888. The molecule has 0 aromatic carbocycles. The summed E-state index contributed by atoms with van der Waals surface area (Å²) in [5.41, 5.74) is 6.73. The molecular formula is C11H16F3N3. The Morgan fingerprint density at radius 3 is 2.41 bits per heavy atom. The molecule has 0 bridgehead atoms. The van der Waals surface area contributed by atoms with Crippen LogP contribution in [0.4, 0.5) is 18.9 Å². The fourth-order valence-corrected chi connectivity index (χ4v) is 1.46. The first kappa shape index (κ1) is 13.8. The van der Waals surface area contributed by atoms with Crippen LogP contribution < -0.4 is 10.6 Å². The van der Waals surface area contributed by atoms with Crippen molar-refractivity contribution in [3.05, 3.63) is 24.0 Å². The summed E-state index contributed by atoms with van der Waals surface area (Å²) in [6, 6.07) is 3.04. The predicted molar refractivity (Wildman–Crippen MR) is 60.8 cm³/mol. The van der Waals surface area contributed by atoms with E-state index in [1.54, 1.807) is 26.0 Å². The van der Waals surface area contributed by atoms with E-state index in [1.165, 1.54) is 11.1 Å². The molecule has 3 nitrogen and oxygen atoms in total. The van der Waals surface area contributed by atoms with Gasteiger partial charge in [-0.3, -0.25) is 4.98 Å². The minimum Gasteiger partial charge on any atom is -0.362 e. The highest BCUT2D eigenvalue weighted by Gasteiger charge is 2.30. The van der Waals surface area contributed by atoms with E-state index >= 15 is 0 Å². The van der Waals surface area contributed by atoms with Gasteiger partial charge in [0.05, 0.1) is 17.6 Å². The zero-order chi connectivity index (χ0) is 13.1. The summed E-state index contributed by atoms with van der Waals surface area (Å²) in [6.07, 6.45) is -2.79. The molecular weight excluding hydrogens is 231 g/mol. The minimum absolute atomic E-state index is 0.221. The highest BCUT2D eigenvalue weighted by Crippen LogP contribution is 2.22. The second kappa shape index (κ2) is 5.35. The van der Waals surface area contributed by atoms with Gasteiger partial charge in [-0.15, -0.1) is 0 Å². The van der Waals surface area contributed by atoms with Crippen LogP contribution in [0.5, 0.6) is 0 Å². The molecule has 0 aliphatic rings. The van der Waals surface area contributed by atoms with Gasteiger partial charge in [-0.05, 0) is 26.0 Å². The summed E-state index contributed by atoms with van der Waals surface area (Å²) in [4.78, 5) is 5.26. The Hall–Kier alpha value is -1.30. The van der Waals surface area contributed by atoms with Gasteiger partial charge < -0.3 is 10.6 Å². The molecule has 0 spiro atoms. The number of anilines is 1. The maximum atomic E-state index is 12.3. The van der Waals surface area contributed by atoms with E-state index in [4.69, 9.17) is 5.73 Å². The molecule has 0 amide bonds. The van der Waals surface area contributed by atoms with Crippen molar-refractivity contribution in [2.45, 2.75) is 26.1 Å². The maximum absolute atomic E-state index is 12.3. The molecule has 0 saturated carbocycles. The Balaban J connectivity index is 2.82. The van der Waals surface area contributed by atoms with E-state index in [9.17, 15) is 13.2 Å². The van der Waals surface area contributed by atoms with Crippen molar-refractivity contribution in [1.82, 2.24) is 4.98 Å². The second-order valence-corrected chi connectivity index (χ2v) is 3.86. The van der Waals surface area contributed by atoms with Gasteiger partial charge in [0, 0.05) is 12.6 Å². The summed E-state index contributed by atoms with van der Waals surface area (Å²) >= 11 is 0. The van der Waals surface area contributed by atoms with Gasteiger partial charge in [0.25, 0.3) is 0 Å². The van der Waals surface area contributed by atoms with Crippen molar-refractivity contribution < 1.29 is 13.2 Å². The topological polar surface area (TPSA) is 42.1 Å². The summed E-state index contributed by atoms with van der Waals surface area (Å²) in [5, 5.41) is 0. The third-order valence-electron chi connectivity index (χ3n) is 2.35. The van der Waals surface area contributed by atoms with E-state index in [0.717, 1.165) is 0 Å². The molecule has 1 heterocycles. The van der Waals surface area contributed by atoms with Crippen molar-refractivity contribution >= 4 is 5.69 Å². The Kier molecular flexibility index (Phi) is 4.34. The molecule has 0 saturated heterocycles. The molecule has 1 rings (SSSR count). The van der Waals surface area contributed by atoms with Crippen LogP contribution in [0.3, 0.4) is 0 Å². The maximum Gasteiger partial charge on any atom is 0.405 e. The Morgan fingerprint density at radius 2 is 2.06 bits per heavy atom. The van der Waals surface area contributed by atoms with Crippen molar-refractivity contribution in [3.8, 4) is 0 Å². The minimum atomic E-state index is -4.21. The highest BCUT2D eigenvalue weighted by atomic mass is 19.4. The molecule has 0 radical (unpaired) electrons. The van der Waals surface area contributed by atoms with Crippen LogP contribution in [0.1, 0.15) is 25.6 Å². The number of rotatable bonds is 4. The first-order valence-electron chi connectivity index (χ1n) is 5.36. The van der Waals surface area contributed by atoms with Crippen LogP contribution >= 0.6 is 0 Å². The number of nitrogens with two attached hydrogens (primary N) is 1. The first-order chi connectivity index (χ1) is 7.83. The van der Waals surface area contributed by atoms with Crippen LogP contribution in [0.25, 0.3) is 0 Å². The van der Waals surface area contributed by atoms with Crippen LogP contribution in [0.2, 0.25) is 0 Å².